The Hall–Kier alpha value is -5.50. The van der Waals surface area contributed by atoms with Crippen molar-refractivity contribution < 1.29 is 18.4 Å². The smallest absolute Gasteiger partial charge is 0.381 e. The third kappa shape index (κ3) is 5.36. The third-order valence-corrected chi connectivity index (χ3v) is 10.7. The molecule has 51 heavy (non-hydrogen) atoms. The van der Waals surface area contributed by atoms with Crippen LogP contribution in [0.25, 0.3) is 22.4 Å². The summed E-state index contributed by atoms with van der Waals surface area (Å²) in [5.74, 6) is -0.0254. The molecular formula is C37H39FN8O5. The second-order valence-corrected chi connectivity index (χ2v) is 13.8. The molecule has 8 rings (SSSR count). The molecule has 0 saturated carbocycles. The van der Waals surface area contributed by atoms with Gasteiger partial charge in [0, 0.05) is 55.0 Å². The number of aryl methyl sites for hydroxylation is 2. The lowest BCUT2D eigenvalue weighted by atomic mass is 9.91. The van der Waals surface area contributed by atoms with E-state index in [4.69, 9.17) is 14.4 Å². The monoisotopic (exact) mass is 694 g/mol. The Labute approximate surface area is 291 Å². The normalized spacial score (nSPS) is 16.5. The van der Waals surface area contributed by atoms with Gasteiger partial charge in [-0.3, -0.25) is 18.9 Å². The van der Waals surface area contributed by atoms with E-state index in [9.17, 15) is 18.8 Å². The Morgan fingerprint density at radius 2 is 1.86 bits per heavy atom. The quantitative estimate of drug-likeness (QED) is 0.239. The molecule has 2 aliphatic heterocycles. The number of hydrogen-bond acceptors (Lipinski definition) is 7. The summed E-state index contributed by atoms with van der Waals surface area (Å²) in [4.78, 5) is 47.3. The number of aromatic nitrogens is 7. The molecule has 14 heteroatoms. The van der Waals surface area contributed by atoms with Crippen LogP contribution in [-0.2, 0) is 23.2 Å². The number of aromatic amines is 2. The predicted octanol–water partition coefficient (Wildman–Crippen LogP) is 5.00. The van der Waals surface area contributed by atoms with Crippen molar-refractivity contribution in [2.75, 3.05) is 19.8 Å². The first kappa shape index (κ1) is 32.7. The zero-order valence-corrected chi connectivity index (χ0v) is 29.0. The van der Waals surface area contributed by atoms with Crippen LogP contribution in [0.4, 0.5) is 4.39 Å². The SMILES string of the molecule is CC[C@](C)(c1noc(=O)[nH]1)n1c(C(=O)N2CCc3nn(-c4cc(C)c(F)c(C)c4)c(-n4cc[nH]c4=O)c3C2)cc2cc(C3CCOCC3)ccc21. The van der Waals surface area contributed by atoms with Crippen LogP contribution in [0.2, 0.25) is 0 Å². The summed E-state index contributed by atoms with van der Waals surface area (Å²) in [7, 11) is 0. The molecule has 2 aromatic carbocycles. The molecule has 6 aromatic rings. The number of halogens is 1. The number of nitrogens with one attached hydrogen (secondary N) is 2. The van der Waals surface area contributed by atoms with Gasteiger partial charge in [-0.15, -0.1) is 0 Å². The summed E-state index contributed by atoms with van der Waals surface area (Å²) in [5, 5.41) is 9.90. The van der Waals surface area contributed by atoms with Gasteiger partial charge in [0.25, 0.3) is 5.91 Å². The van der Waals surface area contributed by atoms with Gasteiger partial charge in [-0.1, -0.05) is 18.1 Å². The van der Waals surface area contributed by atoms with Crippen molar-refractivity contribution in [3.05, 3.63) is 115 Å². The molecule has 2 aliphatic rings. The first-order valence-electron chi connectivity index (χ1n) is 17.3. The average molecular weight is 695 g/mol. The number of amides is 1. The number of nitrogens with zero attached hydrogens (tertiary/aromatic N) is 6. The molecule has 1 amide bonds. The van der Waals surface area contributed by atoms with Crippen molar-refractivity contribution in [1.29, 1.82) is 0 Å². The lowest BCUT2D eigenvalue weighted by molar-refractivity contribution is 0.0717. The Morgan fingerprint density at radius 1 is 1.10 bits per heavy atom. The average Bonchev–Trinajstić information content (AvgIpc) is 3.94. The Bertz CT molecular complexity index is 2400. The van der Waals surface area contributed by atoms with E-state index in [0.29, 0.717) is 72.7 Å². The highest BCUT2D eigenvalue weighted by Gasteiger charge is 2.38. The van der Waals surface area contributed by atoms with E-state index >= 15 is 0 Å². The van der Waals surface area contributed by atoms with Gasteiger partial charge in [0.1, 0.15) is 22.9 Å². The van der Waals surface area contributed by atoms with Crippen LogP contribution in [0.1, 0.15) is 83.3 Å². The van der Waals surface area contributed by atoms with Gasteiger partial charge in [-0.25, -0.2) is 18.7 Å². The van der Waals surface area contributed by atoms with Gasteiger partial charge in [-0.2, -0.15) is 5.10 Å². The lowest BCUT2D eigenvalue weighted by Gasteiger charge is -2.33. The summed E-state index contributed by atoms with van der Waals surface area (Å²) < 4.78 is 30.3. The van der Waals surface area contributed by atoms with Gasteiger partial charge in [0.2, 0.25) is 0 Å². The molecule has 0 aliphatic carbocycles. The number of fused-ring (bicyclic) bond motifs is 2. The first-order chi connectivity index (χ1) is 24.6. The predicted molar refractivity (Wildman–Crippen MR) is 186 cm³/mol. The van der Waals surface area contributed by atoms with Crippen LogP contribution >= 0.6 is 0 Å². The highest BCUT2D eigenvalue weighted by Crippen LogP contribution is 2.38. The number of H-pyrrole nitrogens is 2. The Morgan fingerprint density at radius 3 is 2.53 bits per heavy atom. The molecule has 2 N–H and O–H groups in total. The maximum atomic E-state index is 14.9. The van der Waals surface area contributed by atoms with E-state index in [1.54, 1.807) is 48.0 Å². The molecule has 0 bridgehead atoms. The van der Waals surface area contributed by atoms with E-state index in [1.807, 2.05) is 30.5 Å². The van der Waals surface area contributed by atoms with Gasteiger partial charge in [0.05, 0.1) is 17.9 Å². The molecule has 0 radical (unpaired) electrons. The lowest BCUT2D eigenvalue weighted by Crippen LogP contribution is -2.41. The van der Waals surface area contributed by atoms with E-state index in [-0.39, 0.29) is 24.0 Å². The molecule has 1 fully saturated rings. The summed E-state index contributed by atoms with van der Waals surface area (Å²) in [6.07, 6.45) is 5.96. The zero-order valence-electron chi connectivity index (χ0n) is 29.0. The van der Waals surface area contributed by atoms with Crippen LogP contribution in [0.5, 0.6) is 0 Å². The standard InChI is InChI=1S/C37H39FN8O5/c1-5-37(4,34-40-36(49)51-42-34)45-29-7-6-24(23-9-14-50-15-10-23)18-25(29)19-30(45)33(47)43-12-8-28-27(20-43)32(44-13-11-39-35(44)48)46(41-28)26-16-21(2)31(38)22(3)17-26/h6-7,11,13,16-19,23H,5,8-10,12,14-15,20H2,1-4H3,(H,39,48)(H,40,42,49)/t37-/m1/s1. The Balaban J connectivity index is 1.25. The highest BCUT2D eigenvalue weighted by molar-refractivity contribution is 5.99. The summed E-state index contributed by atoms with van der Waals surface area (Å²) >= 11 is 0. The fourth-order valence-corrected chi connectivity index (χ4v) is 7.76. The topological polar surface area (TPSA) is 149 Å². The van der Waals surface area contributed by atoms with Gasteiger partial charge in [0.15, 0.2) is 5.82 Å². The van der Waals surface area contributed by atoms with Crippen molar-refractivity contribution in [3.63, 3.8) is 0 Å². The zero-order chi connectivity index (χ0) is 35.6. The Kier molecular flexibility index (Phi) is 7.93. The number of imidazole rings is 1. The van der Waals surface area contributed by atoms with Crippen LogP contribution < -0.4 is 11.4 Å². The molecule has 4 aromatic heterocycles. The number of carbonyl (C=O) groups is 1. The molecule has 6 heterocycles. The maximum Gasteiger partial charge on any atom is 0.438 e. The maximum absolute atomic E-state index is 14.9. The summed E-state index contributed by atoms with van der Waals surface area (Å²) in [5.41, 5.74) is 4.16. The molecular weight excluding hydrogens is 655 g/mol. The molecule has 13 nitrogen and oxygen atoms in total. The van der Waals surface area contributed by atoms with E-state index in [1.165, 1.54) is 10.1 Å². The van der Waals surface area contributed by atoms with E-state index < -0.39 is 11.3 Å². The summed E-state index contributed by atoms with van der Waals surface area (Å²) in [6.45, 7) is 9.29. The van der Waals surface area contributed by atoms with Crippen molar-refractivity contribution >= 4 is 16.8 Å². The van der Waals surface area contributed by atoms with Crippen molar-refractivity contribution in [1.82, 2.24) is 38.9 Å². The van der Waals surface area contributed by atoms with Crippen molar-refractivity contribution in [3.8, 4) is 11.5 Å². The molecule has 1 saturated heterocycles. The number of hydrogen-bond donors (Lipinski definition) is 2. The second-order valence-electron chi connectivity index (χ2n) is 13.8. The molecule has 264 valence electrons. The first-order valence-corrected chi connectivity index (χ1v) is 17.3. The fourth-order valence-electron chi connectivity index (χ4n) is 7.76. The van der Waals surface area contributed by atoms with Crippen LogP contribution in [0, 0.1) is 19.7 Å². The molecule has 0 unspecified atom stereocenters. The summed E-state index contributed by atoms with van der Waals surface area (Å²) in [6, 6.07) is 11.7. The highest BCUT2D eigenvalue weighted by atomic mass is 19.1. The van der Waals surface area contributed by atoms with Crippen LogP contribution in [0.3, 0.4) is 0 Å². The number of rotatable bonds is 7. The van der Waals surface area contributed by atoms with E-state index in [2.05, 4.69) is 27.3 Å². The minimum absolute atomic E-state index is 0.179. The largest absolute Gasteiger partial charge is 0.438 e. The number of ether oxygens (including phenoxy) is 1. The molecule has 1 atom stereocenters. The van der Waals surface area contributed by atoms with Gasteiger partial charge in [-0.05, 0) is 93.0 Å². The number of benzene rings is 2. The van der Waals surface area contributed by atoms with E-state index in [0.717, 1.165) is 35.0 Å². The number of carbonyl (C=O) groups excluding carboxylic acids is 1. The fraction of sp³-hybridized carbons (Fsp3) is 0.378. The van der Waals surface area contributed by atoms with Crippen molar-refractivity contribution in [2.45, 2.75) is 71.4 Å². The minimum Gasteiger partial charge on any atom is -0.381 e. The van der Waals surface area contributed by atoms with Crippen molar-refractivity contribution in [2.24, 2.45) is 0 Å². The second kappa shape index (κ2) is 12.4. The van der Waals surface area contributed by atoms with Crippen LogP contribution in [-0.4, -0.2) is 64.6 Å². The molecule has 0 spiro atoms. The van der Waals surface area contributed by atoms with Gasteiger partial charge >= 0.3 is 11.4 Å². The van der Waals surface area contributed by atoms with Crippen LogP contribution in [0.15, 0.2) is 62.9 Å². The minimum atomic E-state index is -0.938. The van der Waals surface area contributed by atoms with Gasteiger partial charge < -0.3 is 19.2 Å². The third-order valence-electron chi connectivity index (χ3n) is 10.7.